The summed E-state index contributed by atoms with van der Waals surface area (Å²) in [6, 6.07) is 26.3. The first-order valence-corrected chi connectivity index (χ1v) is 12.1. The van der Waals surface area contributed by atoms with E-state index in [9.17, 15) is 14.9 Å². The van der Waals surface area contributed by atoms with Crippen molar-refractivity contribution >= 4 is 39.8 Å². The van der Waals surface area contributed by atoms with Gasteiger partial charge in [-0.3, -0.25) is 14.9 Å². The lowest BCUT2D eigenvalue weighted by Crippen LogP contribution is -2.61. The number of ether oxygens (including phenoxy) is 1. The van der Waals surface area contributed by atoms with Crippen LogP contribution in [0.25, 0.3) is 16.8 Å². The van der Waals surface area contributed by atoms with Gasteiger partial charge in [0.25, 0.3) is 5.69 Å². The van der Waals surface area contributed by atoms with Crippen molar-refractivity contribution in [3.05, 3.63) is 112 Å². The monoisotopic (exact) mass is 491 g/mol. The van der Waals surface area contributed by atoms with E-state index in [1.165, 1.54) is 12.1 Å². The third-order valence-corrected chi connectivity index (χ3v) is 7.51. The van der Waals surface area contributed by atoms with Crippen molar-refractivity contribution in [2.24, 2.45) is 0 Å². The second-order valence-electron chi connectivity index (χ2n) is 9.88. The Morgan fingerprint density at radius 1 is 0.973 bits per heavy atom. The molecular weight excluding hydrogens is 466 g/mol. The molecule has 1 amide bonds. The molecule has 0 saturated carbocycles. The normalized spacial score (nSPS) is 18.8. The molecule has 4 aromatic rings. The first-order chi connectivity index (χ1) is 17.8. The minimum absolute atomic E-state index is 0.0558. The van der Waals surface area contributed by atoms with E-state index in [1.807, 2.05) is 53.4 Å². The van der Waals surface area contributed by atoms with Gasteiger partial charge < -0.3 is 15.0 Å². The first-order valence-electron chi connectivity index (χ1n) is 12.1. The fourth-order valence-electron chi connectivity index (χ4n) is 5.64. The number of fused-ring (bicyclic) bond motifs is 4. The van der Waals surface area contributed by atoms with E-state index in [0.717, 1.165) is 33.3 Å². The van der Waals surface area contributed by atoms with E-state index < -0.39 is 16.1 Å². The number of carbonyl (C=O) groups is 1. The highest BCUT2D eigenvalue weighted by atomic mass is 16.6. The number of hydrogen-bond acceptors (Lipinski definition) is 5. The van der Waals surface area contributed by atoms with Gasteiger partial charge in [-0.05, 0) is 60.5 Å². The van der Waals surface area contributed by atoms with Gasteiger partial charge in [-0.25, -0.2) is 0 Å². The van der Waals surface area contributed by atoms with Gasteiger partial charge in [-0.1, -0.05) is 60.7 Å². The Kier molecular flexibility index (Phi) is 5.05. The molecule has 0 aliphatic carbocycles. The number of rotatable bonds is 4. The van der Waals surface area contributed by atoms with Crippen molar-refractivity contribution in [1.29, 1.82) is 0 Å². The van der Waals surface area contributed by atoms with Crippen LogP contribution in [0.3, 0.4) is 0 Å². The minimum atomic E-state index is -0.980. The number of nitrogens with zero attached hydrogens (tertiary/aromatic N) is 2. The Labute approximate surface area is 214 Å². The molecule has 7 nitrogen and oxygen atoms in total. The number of carbonyl (C=O) groups excluding carboxylic acids is 1. The van der Waals surface area contributed by atoms with Crippen molar-refractivity contribution in [1.82, 2.24) is 0 Å². The van der Waals surface area contributed by atoms with Crippen molar-refractivity contribution in [2.45, 2.75) is 25.0 Å². The molecule has 2 heterocycles. The van der Waals surface area contributed by atoms with Crippen LogP contribution in [0.1, 0.15) is 25.0 Å². The maximum Gasteiger partial charge on any atom is 0.292 e. The van der Waals surface area contributed by atoms with Crippen molar-refractivity contribution in [2.75, 3.05) is 16.8 Å². The largest absolute Gasteiger partial charge is 0.463 e. The molecule has 0 fully saturated rings. The average molecular weight is 492 g/mol. The summed E-state index contributed by atoms with van der Waals surface area (Å²) in [5.41, 5.74) is 1.47. The van der Waals surface area contributed by atoms with Gasteiger partial charge in [0.05, 0.1) is 10.3 Å². The molecule has 1 spiro atoms. The number of nitrogens with one attached hydrogen (secondary N) is 1. The summed E-state index contributed by atoms with van der Waals surface area (Å²) in [4.78, 5) is 26.3. The summed E-state index contributed by atoms with van der Waals surface area (Å²) in [5.74, 6) is 0.369. The molecule has 7 heteroatoms. The highest BCUT2D eigenvalue weighted by Gasteiger charge is 2.59. The Morgan fingerprint density at radius 3 is 2.54 bits per heavy atom. The molecule has 6 rings (SSSR count). The van der Waals surface area contributed by atoms with Crippen molar-refractivity contribution in [3.63, 3.8) is 0 Å². The summed E-state index contributed by atoms with van der Waals surface area (Å²) in [6.45, 7) is 4.17. The molecule has 1 atom stereocenters. The van der Waals surface area contributed by atoms with Gasteiger partial charge in [-0.2, -0.15) is 0 Å². The lowest BCUT2D eigenvalue weighted by Gasteiger charge is -2.47. The lowest BCUT2D eigenvalue weighted by molar-refractivity contribution is -0.383. The van der Waals surface area contributed by atoms with Gasteiger partial charge in [0.15, 0.2) is 0 Å². The van der Waals surface area contributed by atoms with E-state index in [4.69, 9.17) is 4.74 Å². The first kappa shape index (κ1) is 22.8. The van der Waals surface area contributed by atoms with Crippen LogP contribution in [-0.4, -0.2) is 23.1 Å². The number of hydrogen-bond donors (Lipinski definition) is 1. The SMILES string of the molecule is CC1(C)c2ccccc2N(CC(=O)Nc2ccccc2[N+](=O)[O-])[C@@]12C=Cc1c(ccc3ccccc13)O2. The van der Waals surface area contributed by atoms with Crippen LogP contribution in [0, 0.1) is 10.1 Å². The molecule has 184 valence electrons. The third kappa shape index (κ3) is 3.38. The Hall–Kier alpha value is -4.65. The van der Waals surface area contributed by atoms with Crippen LogP contribution in [0.15, 0.2) is 91.0 Å². The Morgan fingerprint density at radius 2 is 1.70 bits per heavy atom. The van der Waals surface area contributed by atoms with Gasteiger partial charge in [0, 0.05) is 17.3 Å². The summed E-state index contributed by atoms with van der Waals surface area (Å²) in [7, 11) is 0. The summed E-state index contributed by atoms with van der Waals surface area (Å²) < 4.78 is 6.86. The second kappa shape index (κ2) is 8.20. The van der Waals surface area contributed by atoms with Gasteiger partial charge in [0.1, 0.15) is 18.0 Å². The average Bonchev–Trinajstić information content (AvgIpc) is 3.07. The quantitative estimate of drug-likeness (QED) is 0.268. The predicted octanol–water partition coefficient (Wildman–Crippen LogP) is 6.29. The molecule has 0 unspecified atom stereocenters. The van der Waals surface area contributed by atoms with Crippen LogP contribution >= 0.6 is 0 Å². The number of anilines is 2. The van der Waals surface area contributed by atoms with Crippen molar-refractivity contribution < 1.29 is 14.5 Å². The zero-order valence-electron chi connectivity index (χ0n) is 20.5. The molecule has 4 aromatic carbocycles. The number of amides is 1. The van der Waals surface area contributed by atoms with E-state index >= 15 is 0 Å². The van der Waals surface area contributed by atoms with Crippen LogP contribution in [0.2, 0.25) is 0 Å². The maximum absolute atomic E-state index is 13.4. The third-order valence-electron chi connectivity index (χ3n) is 7.51. The minimum Gasteiger partial charge on any atom is -0.463 e. The lowest BCUT2D eigenvalue weighted by atomic mass is 9.76. The summed E-state index contributed by atoms with van der Waals surface area (Å²) in [5, 5.41) is 16.4. The number of benzene rings is 4. The zero-order chi connectivity index (χ0) is 25.8. The van der Waals surface area contributed by atoms with Crippen LogP contribution in [0.5, 0.6) is 5.75 Å². The fraction of sp³-hybridized carbons (Fsp3) is 0.167. The maximum atomic E-state index is 13.4. The highest BCUT2D eigenvalue weighted by molar-refractivity contribution is 5.98. The van der Waals surface area contributed by atoms with Crippen LogP contribution in [-0.2, 0) is 10.2 Å². The molecular formula is C30H25N3O4. The molecule has 37 heavy (non-hydrogen) atoms. The van der Waals surface area contributed by atoms with Crippen LogP contribution in [0.4, 0.5) is 17.1 Å². The zero-order valence-corrected chi connectivity index (χ0v) is 20.5. The van der Waals surface area contributed by atoms with Gasteiger partial charge in [-0.15, -0.1) is 0 Å². The fourth-order valence-corrected chi connectivity index (χ4v) is 5.64. The summed E-state index contributed by atoms with van der Waals surface area (Å²) in [6.07, 6.45) is 4.13. The molecule has 0 aromatic heterocycles. The number of nitro benzene ring substituents is 1. The number of nitro groups is 1. The standard InChI is InChI=1S/C30H25N3O4/c1-29(2)23-11-5-7-13-25(23)32(19-28(34)31-24-12-6-8-14-26(24)33(35)36)30(29)18-17-22-21-10-4-3-9-20(21)15-16-27(22)37-30/h3-18H,19H2,1-2H3,(H,31,34)/t30-/m1/s1. The van der Waals surface area contributed by atoms with E-state index in [2.05, 4.69) is 43.4 Å². The number of para-hydroxylation sites is 3. The van der Waals surface area contributed by atoms with Crippen LogP contribution < -0.4 is 15.0 Å². The molecule has 0 bridgehead atoms. The highest BCUT2D eigenvalue weighted by Crippen LogP contribution is 2.55. The van der Waals surface area contributed by atoms with E-state index in [1.54, 1.807) is 12.1 Å². The predicted molar refractivity (Wildman–Crippen MR) is 145 cm³/mol. The van der Waals surface area contributed by atoms with E-state index in [-0.39, 0.29) is 23.8 Å². The molecule has 2 aliphatic rings. The van der Waals surface area contributed by atoms with Gasteiger partial charge >= 0.3 is 0 Å². The Balaban J connectivity index is 1.42. The second-order valence-corrected chi connectivity index (χ2v) is 9.88. The molecule has 0 radical (unpaired) electrons. The topological polar surface area (TPSA) is 84.7 Å². The molecule has 2 aliphatic heterocycles. The Bertz CT molecular complexity index is 1610. The summed E-state index contributed by atoms with van der Waals surface area (Å²) >= 11 is 0. The smallest absolute Gasteiger partial charge is 0.292 e. The van der Waals surface area contributed by atoms with Crippen molar-refractivity contribution in [3.8, 4) is 5.75 Å². The van der Waals surface area contributed by atoms with E-state index in [0.29, 0.717) is 0 Å². The molecule has 1 N–H and O–H groups in total. The van der Waals surface area contributed by atoms with Gasteiger partial charge in [0.2, 0.25) is 11.6 Å². The molecule has 0 saturated heterocycles.